The number of piperidine rings is 1. The third-order valence-electron chi connectivity index (χ3n) is 4.54. The molecule has 1 aliphatic rings. The van der Waals surface area contributed by atoms with E-state index >= 15 is 0 Å². The topological polar surface area (TPSA) is 47.7 Å². The van der Waals surface area contributed by atoms with E-state index in [4.69, 9.17) is 15.2 Å². The zero-order valence-corrected chi connectivity index (χ0v) is 14.0. The number of hydrogen-bond acceptors (Lipinski definition) is 4. The lowest BCUT2D eigenvalue weighted by atomic mass is 9.88. The van der Waals surface area contributed by atoms with E-state index in [1.165, 1.54) is 6.07 Å². The Hall–Kier alpha value is -2.27. The molecule has 1 saturated heterocycles. The van der Waals surface area contributed by atoms with E-state index in [1.807, 2.05) is 24.3 Å². The fourth-order valence-corrected chi connectivity index (χ4v) is 3.37. The SMILES string of the molecule is COc1ccc(N2CC(N)CC(c3cccc(F)c3)C2)cc1OC. The Morgan fingerprint density at radius 1 is 1.04 bits per heavy atom. The maximum absolute atomic E-state index is 13.5. The summed E-state index contributed by atoms with van der Waals surface area (Å²) in [7, 11) is 3.24. The standard InChI is InChI=1S/C19H23FN2O2/c1-23-18-7-6-17(10-19(18)24-2)22-11-14(9-16(21)12-22)13-4-3-5-15(20)8-13/h3-8,10,14,16H,9,11-12,21H2,1-2H3. The minimum Gasteiger partial charge on any atom is -0.493 e. The molecule has 2 aromatic rings. The molecule has 5 heteroatoms. The highest BCUT2D eigenvalue weighted by molar-refractivity contribution is 5.57. The quantitative estimate of drug-likeness (QED) is 0.935. The summed E-state index contributed by atoms with van der Waals surface area (Å²) < 4.78 is 24.2. The van der Waals surface area contributed by atoms with Crippen LogP contribution in [0.1, 0.15) is 17.9 Å². The third-order valence-corrected chi connectivity index (χ3v) is 4.54. The first-order valence-electron chi connectivity index (χ1n) is 8.08. The number of rotatable bonds is 4. The van der Waals surface area contributed by atoms with E-state index in [0.717, 1.165) is 30.8 Å². The molecule has 0 amide bonds. The Bertz CT molecular complexity index is 708. The van der Waals surface area contributed by atoms with E-state index < -0.39 is 0 Å². The van der Waals surface area contributed by atoms with Gasteiger partial charge in [0.2, 0.25) is 0 Å². The number of ether oxygens (including phenoxy) is 2. The summed E-state index contributed by atoms with van der Waals surface area (Å²) >= 11 is 0. The molecule has 2 N–H and O–H groups in total. The van der Waals surface area contributed by atoms with Crippen LogP contribution in [-0.4, -0.2) is 33.4 Å². The smallest absolute Gasteiger partial charge is 0.162 e. The summed E-state index contributed by atoms with van der Waals surface area (Å²) in [5.74, 6) is 1.39. The van der Waals surface area contributed by atoms with E-state index in [9.17, 15) is 4.39 Å². The van der Waals surface area contributed by atoms with E-state index in [0.29, 0.717) is 11.5 Å². The van der Waals surface area contributed by atoms with Crippen LogP contribution in [0.2, 0.25) is 0 Å². The normalized spacial score (nSPS) is 20.8. The third kappa shape index (κ3) is 3.46. The lowest BCUT2D eigenvalue weighted by molar-refractivity contribution is 0.354. The monoisotopic (exact) mass is 330 g/mol. The van der Waals surface area contributed by atoms with Gasteiger partial charge in [0.05, 0.1) is 14.2 Å². The highest BCUT2D eigenvalue weighted by Crippen LogP contribution is 2.35. The molecular formula is C19H23FN2O2. The maximum Gasteiger partial charge on any atom is 0.162 e. The van der Waals surface area contributed by atoms with Crippen LogP contribution in [0.3, 0.4) is 0 Å². The number of benzene rings is 2. The van der Waals surface area contributed by atoms with Gasteiger partial charge >= 0.3 is 0 Å². The van der Waals surface area contributed by atoms with Crippen molar-refractivity contribution in [1.82, 2.24) is 0 Å². The lowest BCUT2D eigenvalue weighted by Crippen LogP contribution is -2.46. The van der Waals surface area contributed by atoms with Crippen LogP contribution in [0.25, 0.3) is 0 Å². The van der Waals surface area contributed by atoms with Crippen LogP contribution in [0.4, 0.5) is 10.1 Å². The van der Waals surface area contributed by atoms with Crippen molar-refractivity contribution >= 4 is 5.69 Å². The van der Waals surface area contributed by atoms with E-state index in [1.54, 1.807) is 26.4 Å². The summed E-state index contributed by atoms with van der Waals surface area (Å²) in [6.45, 7) is 1.56. The summed E-state index contributed by atoms with van der Waals surface area (Å²) in [5, 5.41) is 0. The van der Waals surface area contributed by atoms with Gasteiger partial charge in [-0.25, -0.2) is 4.39 Å². The van der Waals surface area contributed by atoms with Gasteiger partial charge in [0, 0.05) is 36.8 Å². The van der Waals surface area contributed by atoms with E-state index in [2.05, 4.69) is 4.90 Å². The van der Waals surface area contributed by atoms with Crippen LogP contribution >= 0.6 is 0 Å². The predicted molar refractivity (Wildman–Crippen MR) is 93.5 cm³/mol. The first kappa shape index (κ1) is 16.6. The van der Waals surface area contributed by atoms with Crippen LogP contribution in [0.15, 0.2) is 42.5 Å². The highest BCUT2D eigenvalue weighted by Gasteiger charge is 2.27. The minimum atomic E-state index is -0.204. The van der Waals surface area contributed by atoms with Gasteiger partial charge in [0.25, 0.3) is 0 Å². The first-order chi connectivity index (χ1) is 11.6. The summed E-state index contributed by atoms with van der Waals surface area (Å²) in [4.78, 5) is 2.23. The number of halogens is 1. The average molecular weight is 330 g/mol. The number of nitrogens with two attached hydrogens (primary N) is 1. The van der Waals surface area contributed by atoms with Gasteiger partial charge in [0.15, 0.2) is 11.5 Å². The Morgan fingerprint density at radius 2 is 1.83 bits per heavy atom. The Labute approximate surface area is 142 Å². The maximum atomic E-state index is 13.5. The van der Waals surface area contributed by atoms with Gasteiger partial charge in [-0.05, 0) is 36.2 Å². The summed E-state index contributed by atoms with van der Waals surface area (Å²) in [5.41, 5.74) is 8.29. The van der Waals surface area contributed by atoms with Crippen molar-refractivity contribution < 1.29 is 13.9 Å². The summed E-state index contributed by atoms with van der Waals surface area (Å²) in [6, 6.07) is 12.7. The van der Waals surface area contributed by atoms with Crippen molar-refractivity contribution in [3.8, 4) is 11.5 Å². The fourth-order valence-electron chi connectivity index (χ4n) is 3.37. The average Bonchev–Trinajstić information content (AvgIpc) is 2.60. The highest BCUT2D eigenvalue weighted by atomic mass is 19.1. The molecule has 0 saturated carbocycles. The molecule has 3 rings (SSSR count). The van der Waals surface area contributed by atoms with Gasteiger partial charge in [0.1, 0.15) is 5.82 Å². The zero-order chi connectivity index (χ0) is 17.1. The lowest BCUT2D eigenvalue weighted by Gasteiger charge is -2.38. The molecule has 1 aliphatic heterocycles. The molecular weight excluding hydrogens is 307 g/mol. The molecule has 2 unspecified atom stereocenters. The predicted octanol–water partition coefficient (Wildman–Crippen LogP) is 3.16. The van der Waals surface area contributed by atoms with Gasteiger partial charge in [-0.15, -0.1) is 0 Å². The first-order valence-corrected chi connectivity index (χ1v) is 8.08. The molecule has 0 aliphatic carbocycles. The van der Waals surface area contributed by atoms with Gasteiger partial charge < -0.3 is 20.1 Å². The fraction of sp³-hybridized carbons (Fsp3) is 0.368. The van der Waals surface area contributed by atoms with Crippen LogP contribution in [0.5, 0.6) is 11.5 Å². The van der Waals surface area contributed by atoms with Crippen LogP contribution < -0.4 is 20.1 Å². The Morgan fingerprint density at radius 3 is 2.54 bits per heavy atom. The van der Waals surface area contributed by atoms with Crippen molar-refractivity contribution in [2.75, 3.05) is 32.2 Å². The van der Waals surface area contributed by atoms with Crippen LogP contribution in [-0.2, 0) is 0 Å². The van der Waals surface area contributed by atoms with Crippen molar-refractivity contribution in [3.05, 3.63) is 53.8 Å². The van der Waals surface area contributed by atoms with Crippen molar-refractivity contribution in [3.63, 3.8) is 0 Å². The summed E-state index contributed by atoms with van der Waals surface area (Å²) in [6.07, 6.45) is 0.854. The molecule has 24 heavy (non-hydrogen) atoms. The van der Waals surface area contributed by atoms with Gasteiger partial charge in [-0.1, -0.05) is 12.1 Å². The second-order valence-corrected chi connectivity index (χ2v) is 6.19. The van der Waals surface area contributed by atoms with Crippen LogP contribution in [0, 0.1) is 5.82 Å². The number of anilines is 1. The molecule has 0 radical (unpaired) electrons. The molecule has 0 bridgehead atoms. The largest absolute Gasteiger partial charge is 0.493 e. The van der Waals surface area contributed by atoms with Crippen molar-refractivity contribution in [1.29, 1.82) is 0 Å². The Kier molecular flexibility index (Phi) is 4.90. The number of nitrogens with zero attached hydrogens (tertiary/aromatic N) is 1. The molecule has 0 aromatic heterocycles. The molecule has 4 nitrogen and oxygen atoms in total. The zero-order valence-electron chi connectivity index (χ0n) is 14.0. The van der Waals surface area contributed by atoms with Gasteiger partial charge in [-0.3, -0.25) is 0 Å². The van der Waals surface area contributed by atoms with Crippen molar-refractivity contribution in [2.24, 2.45) is 5.73 Å². The molecule has 1 fully saturated rings. The molecule has 128 valence electrons. The Balaban J connectivity index is 1.86. The molecule has 0 spiro atoms. The number of methoxy groups -OCH3 is 2. The number of hydrogen-bond donors (Lipinski definition) is 1. The molecule has 2 aromatic carbocycles. The minimum absolute atomic E-state index is 0.0418. The van der Waals surface area contributed by atoms with Gasteiger partial charge in [-0.2, -0.15) is 0 Å². The second kappa shape index (κ2) is 7.09. The second-order valence-electron chi connectivity index (χ2n) is 6.19. The van der Waals surface area contributed by atoms with E-state index in [-0.39, 0.29) is 17.8 Å². The molecule has 2 atom stereocenters. The van der Waals surface area contributed by atoms with Crippen molar-refractivity contribution in [2.45, 2.75) is 18.4 Å². The molecule has 1 heterocycles.